The van der Waals surface area contributed by atoms with Crippen LogP contribution in [0.25, 0.3) is 11.3 Å². The van der Waals surface area contributed by atoms with Gasteiger partial charge in [-0.2, -0.15) is 5.10 Å². The van der Waals surface area contributed by atoms with Gasteiger partial charge in [0.05, 0.1) is 5.69 Å². The molecule has 1 fully saturated rings. The number of carbonyl (C=O) groups excluding carboxylic acids is 1. The first-order valence-electron chi connectivity index (χ1n) is 9.62. The normalized spacial score (nSPS) is 14.3. The first-order chi connectivity index (χ1) is 14.0. The largest absolute Gasteiger partial charge is 0.338 e. The van der Waals surface area contributed by atoms with E-state index in [0.717, 1.165) is 5.69 Å². The summed E-state index contributed by atoms with van der Waals surface area (Å²) >= 11 is 0. The Labute approximate surface area is 168 Å². The van der Waals surface area contributed by atoms with E-state index in [1.54, 1.807) is 36.1 Å². The molecule has 8 heteroatoms. The summed E-state index contributed by atoms with van der Waals surface area (Å²) in [5, 5.41) is 4.52. The molecule has 7 nitrogen and oxygen atoms in total. The highest BCUT2D eigenvalue weighted by Crippen LogP contribution is 2.21. The zero-order valence-corrected chi connectivity index (χ0v) is 16.5. The van der Waals surface area contributed by atoms with Crippen molar-refractivity contribution in [3.05, 3.63) is 59.8 Å². The van der Waals surface area contributed by atoms with Crippen LogP contribution < -0.4 is 4.90 Å². The maximum atomic E-state index is 13.9. The van der Waals surface area contributed by atoms with Crippen molar-refractivity contribution in [3.8, 4) is 11.3 Å². The lowest BCUT2D eigenvalue weighted by molar-refractivity contribution is -0.132. The van der Waals surface area contributed by atoms with E-state index in [2.05, 4.69) is 20.0 Å². The van der Waals surface area contributed by atoms with Gasteiger partial charge >= 0.3 is 0 Å². The lowest BCUT2D eigenvalue weighted by Crippen LogP contribution is -2.50. The molecule has 3 heterocycles. The Balaban J connectivity index is 1.40. The Kier molecular flexibility index (Phi) is 5.24. The molecule has 1 amide bonds. The molecule has 0 radical (unpaired) electrons. The summed E-state index contributed by atoms with van der Waals surface area (Å²) in [6.07, 6.45) is 3.44. The topological polar surface area (TPSA) is 67.2 Å². The second kappa shape index (κ2) is 7.98. The monoisotopic (exact) mass is 394 g/mol. The van der Waals surface area contributed by atoms with Gasteiger partial charge < -0.3 is 9.80 Å². The molecular formula is C21H23FN6O. The molecule has 0 atom stereocenters. The van der Waals surface area contributed by atoms with E-state index in [1.807, 2.05) is 24.0 Å². The first kappa shape index (κ1) is 19.0. The van der Waals surface area contributed by atoms with Gasteiger partial charge in [0.25, 0.3) is 0 Å². The number of amides is 1. The number of halogens is 1. The number of hydrogen-bond donors (Lipinski definition) is 0. The average molecular weight is 394 g/mol. The zero-order chi connectivity index (χ0) is 20.4. The van der Waals surface area contributed by atoms with Crippen LogP contribution in [0.5, 0.6) is 0 Å². The van der Waals surface area contributed by atoms with Crippen molar-refractivity contribution in [1.29, 1.82) is 0 Å². The van der Waals surface area contributed by atoms with Crippen LogP contribution in [0.4, 0.5) is 10.3 Å². The summed E-state index contributed by atoms with van der Waals surface area (Å²) in [5.74, 6) is 0.454. The van der Waals surface area contributed by atoms with E-state index in [9.17, 15) is 9.18 Å². The van der Waals surface area contributed by atoms with Crippen molar-refractivity contribution in [2.24, 2.45) is 0 Å². The molecule has 1 saturated heterocycles. The van der Waals surface area contributed by atoms with Crippen LogP contribution in [0.3, 0.4) is 0 Å². The highest BCUT2D eigenvalue weighted by molar-refractivity contribution is 5.76. The molecule has 0 N–H and O–H groups in total. The quantitative estimate of drug-likeness (QED) is 0.680. The van der Waals surface area contributed by atoms with Crippen LogP contribution in [0.15, 0.2) is 42.7 Å². The molecule has 1 aliphatic rings. The van der Waals surface area contributed by atoms with Gasteiger partial charge in [-0.05, 0) is 37.6 Å². The Bertz CT molecular complexity index is 1010. The van der Waals surface area contributed by atoms with Crippen LogP contribution in [-0.4, -0.2) is 56.7 Å². The first-order valence-corrected chi connectivity index (χ1v) is 9.62. The molecule has 0 unspecified atom stereocenters. The zero-order valence-electron chi connectivity index (χ0n) is 16.5. The van der Waals surface area contributed by atoms with E-state index in [4.69, 9.17) is 0 Å². The maximum Gasteiger partial charge on any atom is 0.244 e. The van der Waals surface area contributed by atoms with E-state index >= 15 is 0 Å². The number of carbonyl (C=O) groups is 1. The van der Waals surface area contributed by atoms with Crippen molar-refractivity contribution in [2.45, 2.75) is 20.4 Å². The van der Waals surface area contributed by atoms with Gasteiger partial charge in [0.15, 0.2) is 0 Å². The van der Waals surface area contributed by atoms with E-state index in [0.29, 0.717) is 48.9 Å². The predicted molar refractivity (Wildman–Crippen MR) is 108 cm³/mol. The van der Waals surface area contributed by atoms with Gasteiger partial charge in [-0.15, -0.1) is 0 Å². The SMILES string of the molecule is Cc1ccc(-c2cc(C)n(CC(=O)N3CCN(c4ncccn4)CC3)n2)cc1F. The number of hydrogen-bond acceptors (Lipinski definition) is 5. The summed E-state index contributed by atoms with van der Waals surface area (Å²) in [6.45, 7) is 6.43. The van der Waals surface area contributed by atoms with Crippen LogP contribution in [-0.2, 0) is 11.3 Å². The number of nitrogens with zero attached hydrogens (tertiary/aromatic N) is 6. The van der Waals surface area contributed by atoms with E-state index in [1.165, 1.54) is 6.07 Å². The van der Waals surface area contributed by atoms with Gasteiger partial charge in [0, 0.05) is 49.8 Å². The second-order valence-corrected chi connectivity index (χ2v) is 7.21. The Morgan fingerprint density at radius 3 is 2.48 bits per heavy atom. The molecule has 150 valence electrons. The third kappa shape index (κ3) is 4.11. The van der Waals surface area contributed by atoms with Gasteiger partial charge in [-0.25, -0.2) is 14.4 Å². The number of anilines is 1. The highest BCUT2D eigenvalue weighted by atomic mass is 19.1. The summed E-state index contributed by atoms with van der Waals surface area (Å²) < 4.78 is 15.6. The fourth-order valence-corrected chi connectivity index (χ4v) is 3.40. The number of aryl methyl sites for hydroxylation is 2. The third-order valence-electron chi connectivity index (χ3n) is 5.20. The fourth-order valence-electron chi connectivity index (χ4n) is 3.40. The summed E-state index contributed by atoms with van der Waals surface area (Å²) in [6, 6.07) is 8.72. The number of rotatable bonds is 4. The van der Waals surface area contributed by atoms with Gasteiger partial charge in [-0.1, -0.05) is 12.1 Å². The molecule has 3 aromatic rings. The maximum absolute atomic E-state index is 13.9. The standard InChI is InChI=1S/C21H23FN6O/c1-15-4-5-17(13-18(15)22)19-12-16(2)28(25-19)14-20(29)26-8-10-27(11-9-26)21-23-6-3-7-24-21/h3-7,12-13H,8-11,14H2,1-2H3. The number of benzene rings is 1. The van der Waals surface area contributed by atoms with Gasteiger partial charge in [0.1, 0.15) is 12.4 Å². The van der Waals surface area contributed by atoms with Crippen molar-refractivity contribution < 1.29 is 9.18 Å². The second-order valence-electron chi connectivity index (χ2n) is 7.21. The molecule has 0 spiro atoms. The van der Waals surface area contributed by atoms with Crippen molar-refractivity contribution in [2.75, 3.05) is 31.1 Å². The smallest absolute Gasteiger partial charge is 0.244 e. The molecule has 0 saturated carbocycles. The van der Waals surface area contributed by atoms with Crippen LogP contribution >= 0.6 is 0 Å². The van der Waals surface area contributed by atoms with Gasteiger partial charge in [0.2, 0.25) is 11.9 Å². The molecule has 0 bridgehead atoms. The minimum absolute atomic E-state index is 0.0199. The summed E-state index contributed by atoms with van der Waals surface area (Å²) in [7, 11) is 0. The molecule has 0 aliphatic carbocycles. The Morgan fingerprint density at radius 2 is 1.79 bits per heavy atom. The van der Waals surface area contributed by atoms with E-state index in [-0.39, 0.29) is 18.3 Å². The molecular weight excluding hydrogens is 371 g/mol. The minimum atomic E-state index is -0.258. The molecule has 2 aromatic heterocycles. The Morgan fingerprint density at radius 1 is 1.07 bits per heavy atom. The van der Waals surface area contributed by atoms with Crippen molar-refractivity contribution in [3.63, 3.8) is 0 Å². The third-order valence-corrected chi connectivity index (χ3v) is 5.20. The number of piperazine rings is 1. The summed E-state index contributed by atoms with van der Waals surface area (Å²) in [5.41, 5.74) is 2.84. The molecule has 1 aliphatic heterocycles. The Hall–Kier alpha value is -3.29. The predicted octanol–water partition coefficient (Wildman–Crippen LogP) is 2.44. The van der Waals surface area contributed by atoms with Gasteiger partial charge in [-0.3, -0.25) is 9.48 Å². The van der Waals surface area contributed by atoms with Crippen LogP contribution in [0, 0.1) is 19.7 Å². The number of aromatic nitrogens is 4. The van der Waals surface area contributed by atoms with Crippen molar-refractivity contribution in [1.82, 2.24) is 24.6 Å². The summed E-state index contributed by atoms with van der Waals surface area (Å²) in [4.78, 5) is 25.2. The van der Waals surface area contributed by atoms with Crippen molar-refractivity contribution >= 4 is 11.9 Å². The van der Waals surface area contributed by atoms with Crippen LogP contribution in [0.1, 0.15) is 11.3 Å². The molecule has 4 rings (SSSR count). The minimum Gasteiger partial charge on any atom is -0.338 e. The van der Waals surface area contributed by atoms with E-state index < -0.39 is 0 Å². The average Bonchev–Trinajstić information content (AvgIpc) is 3.11. The fraction of sp³-hybridized carbons (Fsp3) is 0.333. The molecule has 29 heavy (non-hydrogen) atoms. The highest BCUT2D eigenvalue weighted by Gasteiger charge is 2.23. The lowest BCUT2D eigenvalue weighted by Gasteiger charge is -2.34. The molecule has 1 aromatic carbocycles. The van der Waals surface area contributed by atoms with Crippen LogP contribution in [0.2, 0.25) is 0 Å². The lowest BCUT2D eigenvalue weighted by atomic mass is 10.1.